The molecule has 4 nitrogen and oxygen atoms in total. The molecule has 4 heteroatoms. The van der Waals surface area contributed by atoms with Gasteiger partial charge < -0.3 is 14.8 Å². The highest BCUT2D eigenvalue weighted by atomic mass is 16.4. The zero-order chi connectivity index (χ0) is 19.1. The lowest BCUT2D eigenvalue weighted by Gasteiger charge is -2.41. The molecular weight excluding hydrogens is 336 g/mol. The highest BCUT2D eigenvalue weighted by molar-refractivity contribution is 5.76. The fourth-order valence-corrected chi connectivity index (χ4v) is 3.83. The first-order chi connectivity index (χ1) is 13.0. The van der Waals surface area contributed by atoms with Crippen molar-refractivity contribution in [2.24, 2.45) is 7.05 Å². The largest absolute Gasteiger partial charge is 0.378 e. The van der Waals surface area contributed by atoms with Crippen molar-refractivity contribution in [2.75, 3.05) is 0 Å². The molecule has 3 aromatic carbocycles. The third-order valence-electron chi connectivity index (χ3n) is 5.31. The van der Waals surface area contributed by atoms with Gasteiger partial charge in [0.2, 0.25) is 0 Å². The number of hydrogen-bond acceptors (Lipinski definition) is 3. The Morgan fingerprint density at radius 1 is 0.741 bits per heavy atom. The predicted octanol–water partition coefficient (Wildman–Crippen LogP) is 3.72. The van der Waals surface area contributed by atoms with Crippen LogP contribution < -0.4 is 0 Å². The van der Waals surface area contributed by atoms with Gasteiger partial charge in [0.25, 0.3) is 0 Å². The van der Waals surface area contributed by atoms with Crippen LogP contribution in [0.25, 0.3) is 11.0 Å². The fraction of sp³-hybridized carbons (Fsp3) is 0.174. The molecule has 4 aromatic rings. The Balaban J connectivity index is 2.00. The maximum atomic E-state index is 12.0. The number of fused-ring (bicyclic) bond motifs is 1. The maximum Gasteiger partial charge on any atom is 0.156 e. The van der Waals surface area contributed by atoms with Gasteiger partial charge in [0.1, 0.15) is 5.82 Å². The van der Waals surface area contributed by atoms with Gasteiger partial charge in [-0.05, 0) is 30.2 Å². The predicted molar refractivity (Wildman–Crippen MR) is 106 cm³/mol. The van der Waals surface area contributed by atoms with E-state index in [4.69, 9.17) is 0 Å². The topological polar surface area (TPSA) is 58.3 Å². The van der Waals surface area contributed by atoms with E-state index in [1.165, 1.54) is 0 Å². The molecule has 0 saturated carbocycles. The molecule has 0 bridgehead atoms. The molecule has 27 heavy (non-hydrogen) atoms. The molecule has 0 fully saturated rings. The number of nitrogens with zero attached hydrogens (tertiary/aromatic N) is 2. The van der Waals surface area contributed by atoms with E-state index < -0.39 is 11.2 Å². The van der Waals surface area contributed by atoms with Crippen molar-refractivity contribution in [3.8, 4) is 0 Å². The van der Waals surface area contributed by atoms with E-state index in [9.17, 15) is 10.2 Å². The Kier molecular flexibility index (Phi) is 4.10. The monoisotopic (exact) mass is 358 g/mol. The van der Waals surface area contributed by atoms with E-state index in [-0.39, 0.29) is 0 Å². The van der Waals surface area contributed by atoms with Gasteiger partial charge in [-0.15, -0.1) is 0 Å². The zero-order valence-corrected chi connectivity index (χ0v) is 15.4. The standard InChI is InChI=1S/C23H22N2O2/c1-22(26,21-24-19-15-9-10-16-20(19)25(21)2)23(27,17-11-5-3-6-12-17)18-13-7-4-8-14-18/h3-16,26-27H,1-2H3/t22-/m0/s1. The quantitative estimate of drug-likeness (QED) is 0.585. The Morgan fingerprint density at radius 3 is 1.74 bits per heavy atom. The number of imidazole rings is 1. The summed E-state index contributed by atoms with van der Waals surface area (Å²) in [6, 6.07) is 26.2. The molecule has 4 rings (SSSR count). The van der Waals surface area contributed by atoms with Gasteiger partial charge in [-0.3, -0.25) is 0 Å². The molecule has 1 aromatic heterocycles. The summed E-state index contributed by atoms with van der Waals surface area (Å²) in [6.45, 7) is 1.62. The molecule has 2 N–H and O–H groups in total. The molecule has 136 valence electrons. The summed E-state index contributed by atoms with van der Waals surface area (Å²) in [7, 11) is 1.86. The van der Waals surface area contributed by atoms with Crippen LogP contribution in [0.3, 0.4) is 0 Å². The van der Waals surface area contributed by atoms with Gasteiger partial charge in [-0.25, -0.2) is 4.98 Å². The number of benzene rings is 3. The number of aryl methyl sites for hydroxylation is 1. The van der Waals surface area contributed by atoms with Gasteiger partial charge in [-0.2, -0.15) is 0 Å². The van der Waals surface area contributed by atoms with Gasteiger partial charge in [0.15, 0.2) is 11.2 Å². The number of aliphatic hydroxyl groups is 2. The molecule has 0 amide bonds. The summed E-state index contributed by atoms with van der Waals surface area (Å²) in [5.41, 5.74) is -0.467. The molecule has 0 unspecified atom stereocenters. The number of para-hydroxylation sites is 2. The van der Waals surface area contributed by atoms with Crippen LogP contribution in [-0.2, 0) is 18.2 Å². The summed E-state index contributed by atoms with van der Waals surface area (Å²) in [5, 5.41) is 23.7. The van der Waals surface area contributed by atoms with Crippen molar-refractivity contribution in [2.45, 2.75) is 18.1 Å². The van der Waals surface area contributed by atoms with Crippen LogP contribution in [0.1, 0.15) is 23.9 Å². The van der Waals surface area contributed by atoms with Crippen LogP contribution in [0.4, 0.5) is 0 Å². The van der Waals surface area contributed by atoms with Crippen LogP contribution in [0.5, 0.6) is 0 Å². The second kappa shape index (κ2) is 6.34. The van der Waals surface area contributed by atoms with Gasteiger partial charge >= 0.3 is 0 Å². The minimum atomic E-state index is -1.68. The average Bonchev–Trinajstić information content (AvgIpc) is 3.06. The van der Waals surface area contributed by atoms with Crippen LogP contribution in [0.15, 0.2) is 84.9 Å². The Labute approximate surface area is 158 Å². The van der Waals surface area contributed by atoms with Crippen molar-refractivity contribution in [3.63, 3.8) is 0 Å². The van der Waals surface area contributed by atoms with Crippen LogP contribution in [-0.4, -0.2) is 19.8 Å². The minimum Gasteiger partial charge on any atom is -0.378 e. The highest BCUT2D eigenvalue weighted by Crippen LogP contribution is 2.45. The van der Waals surface area contributed by atoms with Crippen molar-refractivity contribution in [1.82, 2.24) is 9.55 Å². The summed E-state index contributed by atoms with van der Waals surface area (Å²) in [4.78, 5) is 4.65. The summed E-state index contributed by atoms with van der Waals surface area (Å²) < 4.78 is 1.84. The molecule has 1 heterocycles. The molecule has 0 aliphatic carbocycles. The first-order valence-corrected chi connectivity index (χ1v) is 8.94. The molecule has 0 spiro atoms. The molecule has 0 aliphatic rings. The molecule has 0 aliphatic heterocycles. The maximum absolute atomic E-state index is 12.0. The van der Waals surface area contributed by atoms with Crippen molar-refractivity contribution in [3.05, 3.63) is 102 Å². The summed E-state index contributed by atoms with van der Waals surface area (Å²) in [5.74, 6) is 0.402. The fourth-order valence-electron chi connectivity index (χ4n) is 3.83. The second-order valence-corrected chi connectivity index (χ2v) is 7.00. The SMILES string of the molecule is Cn1c([C@](C)(O)C(O)(c2ccccc2)c2ccccc2)nc2ccccc21. The van der Waals surface area contributed by atoms with E-state index in [1.54, 1.807) is 6.92 Å². The van der Waals surface area contributed by atoms with Crippen LogP contribution in [0.2, 0.25) is 0 Å². The number of aromatic nitrogens is 2. The number of hydrogen-bond donors (Lipinski definition) is 2. The zero-order valence-electron chi connectivity index (χ0n) is 15.4. The average molecular weight is 358 g/mol. The molecule has 0 saturated heterocycles. The van der Waals surface area contributed by atoms with E-state index in [2.05, 4.69) is 4.98 Å². The van der Waals surface area contributed by atoms with Crippen molar-refractivity contribution < 1.29 is 10.2 Å². The first-order valence-electron chi connectivity index (χ1n) is 8.94. The highest BCUT2D eigenvalue weighted by Gasteiger charge is 2.52. The van der Waals surface area contributed by atoms with Gasteiger partial charge in [-0.1, -0.05) is 72.8 Å². The summed E-state index contributed by atoms with van der Waals surface area (Å²) >= 11 is 0. The number of rotatable bonds is 4. The van der Waals surface area contributed by atoms with E-state index >= 15 is 0 Å². The lowest BCUT2D eigenvalue weighted by Crippen LogP contribution is -2.49. The lowest BCUT2D eigenvalue weighted by atomic mass is 9.73. The molecular formula is C23H22N2O2. The minimum absolute atomic E-state index is 0.402. The molecule has 0 radical (unpaired) electrons. The van der Waals surface area contributed by atoms with Gasteiger partial charge in [0, 0.05) is 7.05 Å². The second-order valence-electron chi connectivity index (χ2n) is 7.00. The third kappa shape index (κ3) is 2.57. The summed E-state index contributed by atoms with van der Waals surface area (Å²) in [6.07, 6.45) is 0. The normalized spacial score (nSPS) is 14.2. The van der Waals surface area contributed by atoms with Gasteiger partial charge in [0.05, 0.1) is 11.0 Å². The smallest absolute Gasteiger partial charge is 0.156 e. The lowest BCUT2D eigenvalue weighted by molar-refractivity contribution is -0.134. The Bertz CT molecular complexity index is 1030. The van der Waals surface area contributed by atoms with Crippen molar-refractivity contribution >= 4 is 11.0 Å². The van der Waals surface area contributed by atoms with E-state index in [0.717, 1.165) is 11.0 Å². The first kappa shape index (κ1) is 17.5. The van der Waals surface area contributed by atoms with Crippen LogP contribution in [0, 0.1) is 0 Å². The van der Waals surface area contributed by atoms with E-state index in [0.29, 0.717) is 17.0 Å². The Morgan fingerprint density at radius 2 is 1.22 bits per heavy atom. The van der Waals surface area contributed by atoms with Crippen molar-refractivity contribution in [1.29, 1.82) is 0 Å². The van der Waals surface area contributed by atoms with Crippen LogP contribution >= 0.6 is 0 Å². The van der Waals surface area contributed by atoms with E-state index in [1.807, 2.05) is 96.5 Å². The third-order valence-corrected chi connectivity index (χ3v) is 5.31. The molecule has 1 atom stereocenters. The Hall–Kier alpha value is -2.95.